The molecule has 0 bridgehead atoms. The lowest BCUT2D eigenvalue weighted by Gasteiger charge is -2.39. The smallest absolute Gasteiger partial charge is 0.238 e. The van der Waals surface area contributed by atoms with E-state index in [1.807, 2.05) is 20.9 Å². The molecule has 22 heavy (non-hydrogen) atoms. The van der Waals surface area contributed by atoms with Crippen molar-refractivity contribution >= 4 is 11.6 Å². The number of rotatable bonds is 5. The van der Waals surface area contributed by atoms with Gasteiger partial charge >= 0.3 is 0 Å². The van der Waals surface area contributed by atoms with Crippen LogP contribution in [0, 0.1) is 19.3 Å². The molecule has 1 aromatic heterocycles. The van der Waals surface area contributed by atoms with Crippen molar-refractivity contribution in [1.82, 2.24) is 14.7 Å². The monoisotopic (exact) mass is 308 g/mol. The fourth-order valence-electron chi connectivity index (χ4n) is 3.15. The van der Waals surface area contributed by atoms with Crippen molar-refractivity contribution in [3.05, 3.63) is 11.4 Å². The number of aryl methyl sites for hydroxylation is 2. The highest BCUT2D eigenvalue weighted by molar-refractivity contribution is 5.93. The highest BCUT2D eigenvalue weighted by Crippen LogP contribution is 2.34. The number of aromatic nitrogens is 2. The van der Waals surface area contributed by atoms with E-state index in [2.05, 4.69) is 22.2 Å². The summed E-state index contributed by atoms with van der Waals surface area (Å²) >= 11 is 0. The van der Waals surface area contributed by atoms with Gasteiger partial charge in [0, 0.05) is 13.7 Å². The Morgan fingerprint density at radius 2 is 2.00 bits per heavy atom. The van der Waals surface area contributed by atoms with Crippen molar-refractivity contribution in [2.75, 3.05) is 31.6 Å². The molecule has 1 amide bonds. The first-order valence-corrected chi connectivity index (χ1v) is 8.04. The Morgan fingerprint density at radius 1 is 1.36 bits per heavy atom. The van der Waals surface area contributed by atoms with Crippen LogP contribution in [0.1, 0.15) is 37.6 Å². The Kier molecular flexibility index (Phi) is 5.24. The van der Waals surface area contributed by atoms with E-state index < -0.39 is 0 Å². The molecule has 6 nitrogen and oxygen atoms in total. The number of hydrogen-bond donors (Lipinski definition) is 2. The standard InChI is InChI=1S/C16H28N4O2/c1-5-16(11-21)6-8-20(9-7-16)10-14(22)17-15-12(2)18-19(4)13(15)3/h21H,5-11H2,1-4H3,(H,17,22). The molecular formula is C16H28N4O2. The van der Waals surface area contributed by atoms with E-state index in [4.69, 9.17) is 0 Å². The van der Waals surface area contributed by atoms with Crippen LogP contribution in [-0.4, -0.2) is 51.9 Å². The van der Waals surface area contributed by atoms with Crippen molar-refractivity contribution in [2.24, 2.45) is 12.5 Å². The van der Waals surface area contributed by atoms with Gasteiger partial charge in [-0.05, 0) is 51.6 Å². The van der Waals surface area contributed by atoms with Crippen LogP contribution in [0.25, 0.3) is 0 Å². The quantitative estimate of drug-likeness (QED) is 0.864. The topological polar surface area (TPSA) is 70.4 Å². The second-order valence-electron chi connectivity index (χ2n) is 6.51. The van der Waals surface area contributed by atoms with E-state index in [0.717, 1.165) is 49.4 Å². The molecule has 1 saturated heterocycles. The molecule has 0 saturated carbocycles. The molecule has 0 spiro atoms. The predicted octanol–water partition coefficient (Wildman–Crippen LogP) is 1.46. The van der Waals surface area contributed by atoms with Gasteiger partial charge < -0.3 is 10.4 Å². The molecule has 2 heterocycles. The lowest BCUT2D eigenvalue weighted by molar-refractivity contribution is -0.118. The molecule has 2 N–H and O–H groups in total. The zero-order valence-electron chi connectivity index (χ0n) is 14.1. The molecule has 1 fully saturated rings. The molecule has 6 heteroatoms. The Morgan fingerprint density at radius 3 is 2.45 bits per heavy atom. The molecule has 0 radical (unpaired) electrons. The summed E-state index contributed by atoms with van der Waals surface area (Å²) in [6.07, 6.45) is 2.91. The SMILES string of the molecule is CCC1(CO)CCN(CC(=O)Nc2c(C)nn(C)c2C)CC1. The number of amides is 1. The van der Waals surface area contributed by atoms with Gasteiger partial charge in [-0.25, -0.2) is 0 Å². The van der Waals surface area contributed by atoms with Gasteiger partial charge in [0.15, 0.2) is 0 Å². The summed E-state index contributed by atoms with van der Waals surface area (Å²) < 4.78 is 1.78. The highest BCUT2D eigenvalue weighted by Gasteiger charge is 2.32. The van der Waals surface area contributed by atoms with Crippen LogP contribution in [0.15, 0.2) is 0 Å². The minimum absolute atomic E-state index is 0.00666. The average Bonchev–Trinajstić information content (AvgIpc) is 2.75. The summed E-state index contributed by atoms with van der Waals surface area (Å²) in [5.74, 6) is 0.00666. The zero-order chi connectivity index (χ0) is 16.3. The van der Waals surface area contributed by atoms with Crippen LogP contribution in [0.2, 0.25) is 0 Å². The van der Waals surface area contributed by atoms with Gasteiger partial charge in [0.1, 0.15) is 0 Å². The number of carbonyl (C=O) groups is 1. The number of anilines is 1. The van der Waals surface area contributed by atoms with Crippen LogP contribution in [-0.2, 0) is 11.8 Å². The van der Waals surface area contributed by atoms with E-state index >= 15 is 0 Å². The number of carbonyl (C=O) groups excluding carboxylic acids is 1. The summed E-state index contributed by atoms with van der Waals surface area (Å²) in [6.45, 7) is 8.37. The van der Waals surface area contributed by atoms with Crippen molar-refractivity contribution in [3.63, 3.8) is 0 Å². The molecule has 1 aliphatic rings. The summed E-state index contributed by atoms with van der Waals surface area (Å²) in [5, 5.41) is 16.9. The Bertz CT molecular complexity index is 524. The minimum atomic E-state index is 0.00666. The van der Waals surface area contributed by atoms with E-state index in [9.17, 15) is 9.90 Å². The van der Waals surface area contributed by atoms with Crippen molar-refractivity contribution in [1.29, 1.82) is 0 Å². The minimum Gasteiger partial charge on any atom is -0.396 e. The van der Waals surface area contributed by atoms with Gasteiger partial charge in [0.05, 0.1) is 23.6 Å². The van der Waals surface area contributed by atoms with E-state index in [-0.39, 0.29) is 17.9 Å². The van der Waals surface area contributed by atoms with E-state index in [1.54, 1.807) is 4.68 Å². The van der Waals surface area contributed by atoms with Crippen LogP contribution < -0.4 is 5.32 Å². The summed E-state index contributed by atoms with van der Waals surface area (Å²) in [6, 6.07) is 0. The van der Waals surface area contributed by atoms with Gasteiger partial charge in [0.25, 0.3) is 0 Å². The van der Waals surface area contributed by atoms with E-state index in [1.165, 1.54) is 0 Å². The Hall–Kier alpha value is -1.40. The summed E-state index contributed by atoms with van der Waals surface area (Å²) in [7, 11) is 1.88. The van der Waals surface area contributed by atoms with Crippen LogP contribution >= 0.6 is 0 Å². The maximum absolute atomic E-state index is 12.3. The summed E-state index contributed by atoms with van der Waals surface area (Å²) in [5.41, 5.74) is 2.69. The number of piperidine rings is 1. The van der Waals surface area contributed by atoms with Gasteiger partial charge in [0.2, 0.25) is 5.91 Å². The third-order valence-electron chi connectivity index (χ3n) is 5.14. The van der Waals surface area contributed by atoms with Gasteiger partial charge in [-0.2, -0.15) is 5.10 Å². The van der Waals surface area contributed by atoms with Crippen LogP contribution in [0.3, 0.4) is 0 Å². The van der Waals surface area contributed by atoms with Gasteiger partial charge in [-0.3, -0.25) is 14.4 Å². The van der Waals surface area contributed by atoms with Crippen molar-refractivity contribution < 1.29 is 9.90 Å². The number of hydrogen-bond acceptors (Lipinski definition) is 4. The third kappa shape index (κ3) is 3.50. The van der Waals surface area contributed by atoms with Crippen molar-refractivity contribution in [3.8, 4) is 0 Å². The molecule has 1 aliphatic heterocycles. The fourth-order valence-corrected chi connectivity index (χ4v) is 3.15. The first kappa shape index (κ1) is 17.0. The lowest BCUT2D eigenvalue weighted by Crippen LogP contribution is -2.44. The normalized spacial score (nSPS) is 18.4. The second kappa shape index (κ2) is 6.79. The molecule has 0 aromatic carbocycles. The molecular weight excluding hydrogens is 280 g/mol. The molecule has 0 atom stereocenters. The number of nitrogens with zero attached hydrogens (tertiary/aromatic N) is 3. The van der Waals surface area contributed by atoms with Crippen molar-refractivity contribution in [2.45, 2.75) is 40.0 Å². The number of aliphatic hydroxyl groups excluding tert-OH is 1. The molecule has 0 unspecified atom stereocenters. The maximum Gasteiger partial charge on any atom is 0.238 e. The average molecular weight is 308 g/mol. The predicted molar refractivity (Wildman–Crippen MR) is 86.8 cm³/mol. The van der Waals surface area contributed by atoms with Crippen LogP contribution in [0.4, 0.5) is 5.69 Å². The third-order valence-corrected chi connectivity index (χ3v) is 5.14. The number of nitrogens with one attached hydrogen (secondary N) is 1. The van der Waals surface area contributed by atoms with Gasteiger partial charge in [-0.1, -0.05) is 6.92 Å². The first-order chi connectivity index (χ1) is 10.4. The number of aliphatic hydroxyl groups is 1. The number of likely N-dealkylation sites (tertiary alicyclic amines) is 1. The molecule has 124 valence electrons. The lowest BCUT2D eigenvalue weighted by atomic mass is 9.77. The zero-order valence-corrected chi connectivity index (χ0v) is 14.1. The molecule has 1 aromatic rings. The molecule has 0 aliphatic carbocycles. The van der Waals surface area contributed by atoms with E-state index in [0.29, 0.717) is 6.54 Å². The maximum atomic E-state index is 12.3. The first-order valence-electron chi connectivity index (χ1n) is 8.04. The Balaban J connectivity index is 1.89. The largest absolute Gasteiger partial charge is 0.396 e. The second-order valence-corrected chi connectivity index (χ2v) is 6.51. The fraction of sp³-hybridized carbons (Fsp3) is 0.750. The van der Waals surface area contributed by atoms with Crippen LogP contribution in [0.5, 0.6) is 0 Å². The highest BCUT2D eigenvalue weighted by atomic mass is 16.3. The summed E-state index contributed by atoms with van der Waals surface area (Å²) in [4.78, 5) is 14.4. The Labute approximate surface area is 132 Å². The van der Waals surface area contributed by atoms with Gasteiger partial charge in [-0.15, -0.1) is 0 Å². The molecule has 2 rings (SSSR count).